The van der Waals surface area contributed by atoms with Crippen LogP contribution in [-0.2, 0) is 39.3 Å². The second-order valence-corrected chi connectivity index (χ2v) is 11.3. The number of pyridine rings is 2. The van der Waals surface area contributed by atoms with Crippen LogP contribution in [0, 0.1) is 19.1 Å². The topological polar surface area (TPSA) is 41.5 Å². The van der Waals surface area contributed by atoms with Gasteiger partial charge in [0.1, 0.15) is 11.6 Å². The molecule has 39 heavy (non-hydrogen) atoms. The average molecular weight is 698 g/mol. The summed E-state index contributed by atoms with van der Waals surface area (Å²) in [5.74, 6) is 3.30. The molecule has 4 aromatic rings. The standard InChI is InChI=1S/C33H34N4O.Pt/c1-23-13-15-34-31(19-23)36-17-5-7-24-9-11-27(21-29(24)36)38-28-12-10-25-8-6-18-37(30(25)22-28)32-20-26(14-16-35-32)33(2,3)4;/h9-16,19-20H,5-8,17-18H2,1-4H3;/q-2;+2. The van der Waals surface area contributed by atoms with Crippen molar-refractivity contribution >= 4 is 23.0 Å². The summed E-state index contributed by atoms with van der Waals surface area (Å²) in [6, 6.07) is 24.0. The molecule has 0 N–H and O–H groups in total. The number of hydrogen-bond donors (Lipinski definition) is 0. The van der Waals surface area contributed by atoms with Crippen molar-refractivity contribution in [3.8, 4) is 11.5 Å². The molecule has 0 spiro atoms. The number of ether oxygens (including phenoxy) is 1. The third kappa shape index (κ3) is 5.75. The van der Waals surface area contributed by atoms with Crippen molar-refractivity contribution in [3.05, 3.63) is 95.3 Å². The zero-order valence-electron chi connectivity index (χ0n) is 23.0. The molecule has 6 rings (SSSR count). The van der Waals surface area contributed by atoms with Gasteiger partial charge in [0, 0.05) is 37.0 Å². The van der Waals surface area contributed by atoms with Crippen LogP contribution in [0.25, 0.3) is 0 Å². The molecule has 0 amide bonds. The van der Waals surface area contributed by atoms with Crippen LogP contribution in [0.15, 0.2) is 60.9 Å². The van der Waals surface area contributed by atoms with Crippen LogP contribution in [0.4, 0.5) is 23.0 Å². The number of aryl methyl sites for hydroxylation is 3. The van der Waals surface area contributed by atoms with Crippen molar-refractivity contribution in [2.45, 2.75) is 58.8 Å². The Kier molecular flexibility index (Phi) is 7.82. The van der Waals surface area contributed by atoms with Gasteiger partial charge in [-0.2, -0.15) is 12.1 Å². The quantitative estimate of drug-likeness (QED) is 0.205. The van der Waals surface area contributed by atoms with Gasteiger partial charge >= 0.3 is 21.1 Å². The van der Waals surface area contributed by atoms with Crippen molar-refractivity contribution in [1.29, 1.82) is 0 Å². The normalized spacial score (nSPS) is 14.8. The summed E-state index contributed by atoms with van der Waals surface area (Å²) < 4.78 is 6.38. The third-order valence-corrected chi connectivity index (χ3v) is 7.44. The zero-order valence-corrected chi connectivity index (χ0v) is 25.3. The SMILES string of the molecule is Cc1ccnc(N2CCCc3ccc(Oc4[c-]c5c(cc4)CCCN5c4cc(C(C)(C)C)ccn4)[c-]c32)c1.[Pt+2]. The summed E-state index contributed by atoms with van der Waals surface area (Å²) in [6.45, 7) is 10.6. The number of hydrogen-bond acceptors (Lipinski definition) is 5. The van der Waals surface area contributed by atoms with Crippen LogP contribution in [-0.4, -0.2) is 23.1 Å². The van der Waals surface area contributed by atoms with E-state index in [1.54, 1.807) is 0 Å². The number of aromatic nitrogens is 2. The van der Waals surface area contributed by atoms with E-state index in [9.17, 15) is 0 Å². The van der Waals surface area contributed by atoms with E-state index in [1.165, 1.54) is 22.3 Å². The number of nitrogens with zero attached hydrogens (tertiary/aromatic N) is 4. The molecule has 0 saturated carbocycles. The third-order valence-electron chi connectivity index (χ3n) is 7.44. The van der Waals surface area contributed by atoms with Gasteiger partial charge in [0.25, 0.3) is 0 Å². The number of fused-ring (bicyclic) bond motifs is 2. The van der Waals surface area contributed by atoms with E-state index < -0.39 is 0 Å². The predicted octanol–water partition coefficient (Wildman–Crippen LogP) is 7.64. The first-order valence-corrected chi connectivity index (χ1v) is 13.6. The minimum absolute atomic E-state index is 0. The molecule has 2 aromatic carbocycles. The van der Waals surface area contributed by atoms with Gasteiger partial charge in [-0.25, -0.2) is 9.97 Å². The molecule has 6 heteroatoms. The largest absolute Gasteiger partial charge is 2.00 e. The van der Waals surface area contributed by atoms with E-state index in [4.69, 9.17) is 9.72 Å². The Morgan fingerprint density at radius 1 is 0.744 bits per heavy atom. The molecule has 4 heterocycles. The van der Waals surface area contributed by atoms with Gasteiger partial charge < -0.3 is 14.5 Å². The monoisotopic (exact) mass is 697 g/mol. The minimum Gasteiger partial charge on any atom is -0.509 e. The Balaban J connectivity index is 0.00000308. The van der Waals surface area contributed by atoms with Gasteiger partial charge in [-0.05, 0) is 60.6 Å². The van der Waals surface area contributed by atoms with Crippen LogP contribution in [0.3, 0.4) is 0 Å². The fourth-order valence-electron chi connectivity index (χ4n) is 5.35. The Hall–Kier alpha value is -3.17. The van der Waals surface area contributed by atoms with Crippen molar-refractivity contribution in [1.82, 2.24) is 9.97 Å². The molecule has 5 nitrogen and oxygen atoms in total. The van der Waals surface area contributed by atoms with E-state index in [0.717, 1.165) is 61.8 Å². The molecule has 2 aliphatic rings. The summed E-state index contributed by atoms with van der Waals surface area (Å²) in [5, 5.41) is 0. The van der Waals surface area contributed by atoms with Crippen LogP contribution < -0.4 is 14.5 Å². The van der Waals surface area contributed by atoms with Crippen molar-refractivity contribution < 1.29 is 25.8 Å². The molecule has 0 fully saturated rings. The first-order chi connectivity index (χ1) is 18.3. The van der Waals surface area contributed by atoms with E-state index in [-0.39, 0.29) is 26.5 Å². The van der Waals surface area contributed by atoms with Gasteiger partial charge in [-0.15, -0.1) is 35.4 Å². The average Bonchev–Trinajstić information content (AvgIpc) is 2.92. The maximum atomic E-state index is 6.38. The molecule has 2 aromatic heterocycles. The van der Waals surface area contributed by atoms with Crippen molar-refractivity contribution in [2.75, 3.05) is 22.9 Å². The molecule has 2 aliphatic heterocycles. The van der Waals surface area contributed by atoms with Gasteiger partial charge in [-0.1, -0.05) is 45.0 Å². The van der Waals surface area contributed by atoms with Crippen molar-refractivity contribution in [2.24, 2.45) is 0 Å². The van der Waals surface area contributed by atoms with Gasteiger partial charge in [-0.3, -0.25) is 0 Å². The molecule has 0 aliphatic carbocycles. The molecular formula is C33H34N4OPt. The summed E-state index contributed by atoms with van der Waals surface area (Å²) >= 11 is 0. The second kappa shape index (κ2) is 11.1. The smallest absolute Gasteiger partial charge is 0.509 e. The van der Waals surface area contributed by atoms with E-state index in [1.807, 2.05) is 30.6 Å². The molecule has 0 unspecified atom stereocenters. The predicted molar refractivity (Wildman–Crippen MR) is 153 cm³/mol. The van der Waals surface area contributed by atoms with Crippen LogP contribution in [0.5, 0.6) is 11.5 Å². The molecule has 0 radical (unpaired) electrons. The number of benzene rings is 2. The van der Waals surface area contributed by atoms with Crippen LogP contribution in [0.2, 0.25) is 0 Å². The number of anilines is 4. The Morgan fingerprint density at radius 2 is 1.28 bits per heavy atom. The second-order valence-electron chi connectivity index (χ2n) is 11.3. The zero-order chi connectivity index (χ0) is 26.3. The summed E-state index contributed by atoms with van der Waals surface area (Å²) in [6.07, 6.45) is 8.04. The minimum atomic E-state index is 0. The fraction of sp³-hybridized carbons (Fsp3) is 0.333. The van der Waals surface area contributed by atoms with Crippen molar-refractivity contribution in [3.63, 3.8) is 0 Å². The maximum Gasteiger partial charge on any atom is 2.00 e. The summed E-state index contributed by atoms with van der Waals surface area (Å²) in [4.78, 5) is 13.9. The molecule has 0 atom stereocenters. The fourth-order valence-corrected chi connectivity index (χ4v) is 5.35. The molecule has 0 saturated heterocycles. The van der Waals surface area contributed by atoms with Gasteiger partial charge in [0.15, 0.2) is 0 Å². The molecule has 202 valence electrons. The summed E-state index contributed by atoms with van der Waals surface area (Å²) in [5.41, 5.74) is 7.19. The Bertz CT molecular complexity index is 1480. The number of rotatable bonds is 4. The Morgan fingerprint density at radius 3 is 1.82 bits per heavy atom. The van der Waals surface area contributed by atoms with Crippen LogP contribution >= 0.6 is 0 Å². The van der Waals surface area contributed by atoms with E-state index >= 15 is 0 Å². The molecule has 0 bridgehead atoms. The van der Waals surface area contributed by atoms with E-state index in [2.05, 4.69) is 84.9 Å². The molecular weight excluding hydrogens is 663 g/mol. The summed E-state index contributed by atoms with van der Waals surface area (Å²) in [7, 11) is 0. The first kappa shape index (κ1) is 27.4. The van der Waals surface area contributed by atoms with Gasteiger partial charge in [0.05, 0.1) is 0 Å². The van der Waals surface area contributed by atoms with Crippen LogP contribution in [0.1, 0.15) is 55.9 Å². The Labute approximate surface area is 246 Å². The first-order valence-electron chi connectivity index (χ1n) is 13.6. The van der Waals surface area contributed by atoms with E-state index in [0.29, 0.717) is 11.5 Å². The van der Waals surface area contributed by atoms with Gasteiger partial charge in [0.2, 0.25) is 0 Å². The maximum absolute atomic E-state index is 6.38.